The molecule has 2 aliphatic heterocycles. The minimum atomic E-state index is -0.476. The number of nitrogens with one attached hydrogen (secondary N) is 2. The van der Waals surface area contributed by atoms with Crippen molar-refractivity contribution < 1.29 is 23.8 Å². The summed E-state index contributed by atoms with van der Waals surface area (Å²) in [5.41, 5.74) is 2.63. The lowest BCUT2D eigenvalue weighted by Gasteiger charge is -2.50. The Kier molecular flexibility index (Phi) is 6.81. The van der Waals surface area contributed by atoms with E-state index >= 15 is 0 Å². The van der Waals surface area contributed by atoms with Gasteiger partial charge in [-0.25, -0.2) is 9.18 Å². The summed E-state index contributed by atoms with van der Waals surface area (Å²) in [7, 11) is 1.62. The third-order valence-electron chi connectivity index (χ3n) is 7.83. The number of para-hydroxylation sites is 1. The Balaban J connectivity index is 1.49. The number of anilines is 1. The number of hydrogen-bond donors (Lipinski definition) is 3. The fraction of sp³-hybridized carbons (Fsp3) is 0.429. The molecule has 0 radical (unpaired) electrons. The topological polar surface area (TPSA) is 97.9 Å². The number of piperidine rings is 1. The quantitative estimate of drug-likeness (QED) is 0.471. The number of rotatable bonds is 5. The predicted molar refractivity (Wildman–Crippen MR) is 139 cm³/mol. The minimum Gasteiger partial charge on any atom is -0.497 e. The number of hydrogen-bond acceptors (Lipinski definition) is 4. The lowest BCUT2D eigenvalue weighted by Crippen LogP contribution is -2.56. The largest absolute Gasteiger partial charge is 0.497 e. The maximum absolute atomic E-state index is 14.1. The van der Waals surface area contributed by atoms with E-state index in [9.17, 15) is 19.1 Å². The number of carbonyl (C=O) groups is 2. The van der Waals surface area contributed by atoms with Crippen LogP contribution in [0.5, 0.6) is 5.75 Å². The van der Waals surface area contributed by atoms with E-state index in [4.69, 9.17) is 4.74 Å². The van der Waals surface area contributed by atoms with Crippen molar-refractivity contribution in [1.82, 2.24) is 14.8 Å². The molecular weight excluding hydrogens is 475 g/mol. The van der Waals surface area contributed by atoms with Crippen molar-refractivity contribution in [1.29, 1.82) is 0 Å². The number of likely N-dealkylation sites (tertiary alicyclic amines) is 1. The van der Waals surface area contributed by atoms with E-state index in [1.165, 1.54) is 6.07 Å². The molecular formula is C28H33FN4O4. The van der Waals surface area contributed by atoms with Crippen LogP contribution in [0.2, 0.25) is 0 Å². The van der Waals surface area contributed by atoms with E-state index in [1.807, 2.05) is 30.0 Å². The lowest BCUT2D eigenvalue weighted by atomic mass is 9.68. The van der Waals surface area contributed by atoms with Crippen LogP contribution in [-0.2, 0) is 10.2 Å². The number of aliphatic hydroxyl groups is 1. The molecule has 1 atom stereocenters. The van der Waals surface area contributed by atoms with Gasteiger partial charge >= 0.3 is 6.03 Å². The minimum absolute atomic E-state index is 0.0162. The number of benzene rings is 2. The van der Waals surface area contributed by atoms with Gasteiger partial charge in [-0.05, 0) is 49.1 Å². The molecule has 1 saturated heterocycles. The highest BCUT2D eigenvalue weighted by Gasteiger charge is 2.49. The van der Waals surface area contributed by atoms with Gasteiger partial charge < -0.3 is 29.9 Å². The van der Waals surface area contributed by atoms with Crippen LogP contribution in [0.4, 0.5) is 14.9 Å². The monoisotopic (exact) mass is 508 g/mol. The van der Waals surface area contributed by atoms with Crippen LogP contribution >= 0.6 is 0 Å². The summed E-state index contributed by atoms with van der Waals surface area (Å²) in [5, 5.41) is 14.1. The lowest BCUT2D eigenvalue weighted by molar-refractivity contribution is -0.137. The number of aliphatic hydroxyl groups excluding tert-OH is 1. The van der Waals surface area contributed by atoms with Gasteiger partial charge in [-0.15, -0.1) is 0 Å². The Morgan fingerprint density at radius 3 is 2.65 bits per heavy atom. The van der Waals surface area contributed by atoms with Gasteiger partial charge in [0.05, 0.1) is 25.4 Å². The first-order valence-electron chi connectivity index (χ1n) is 12.8. The summed E-state index contributed by atoms with van der Waals surface area (Å²) in [5.74, 6) is 0.261. The number of carbonyl (C=O) groups excluding carboxylic acids is 2. The van der Waals surface area contributed by atoms with E-state index in [2.05, 4.69) is 10.3 Å². The summed E-state index contributed by atoms with van der Waals surface area (Å²) in [6.07, 6.45) is 2.41. The van der Waals surface area contributed by atoms with Gasteiger partial charge in [0.2, 0.25) is 5.91 Å². The number of aromatic nitrogens is 1. The molecule has 0 aliphatic carbocycles. The van der Waals surface area contributed by atoms with Crippen molar-refractivity contribution in [2.24, 2.45) is 0 Å². The maximum Gasteiger partial charge on any atom is 0.321 e. The molecule has 0 unspecified atom stereocenters. The number of urea groups is 1. The van der Waals surface area contributed by atoms with Crippen LogP contribution in [0.3, 0.4) is 0 Å². The molecule has 1 spiro atoms. The maximum atomic E-state index is 14.1. The number of ether oxygens (including phenoxy) is 1. The molecule has 3 aromatic rings. The molecule has 3 amide bonds. The fourth-order valence-electron chi connectivity index (χ4n) is 5.93. The zero-order valence-corrected chi connectivity index (χ0v) is 21.2. The highest BCUT2D eigenvalue weighted by atomic mass is 19.1. The van der Waals surface area contributed by atoms with Crippen LogP contribution in [0.1, 0.15) is 49.9 Å². The fourth-order valence-corrected chi connectivity index (χ4v) is 5.93. The molecule has 37 heavy (non-hydrogen) atoms. The summed E-state index contributed by atoms with van der Waals surface area (Å²) < 4.78 is 19.5. The SMILES string of the molecule is CCCC(=O)N1CC2(CCN(C(=O)Nc3ccccc3F)CC2)c2c([nH]c3cc(OC)ccc23)[C@@H]1CO. The van der Waals surface area contributed by atoms with Crippen LogP contribution in [0, 0.1) is 5.82 Å². The summed E-state index contributed by atoms with van der Waals surface area (Å²) in [6.45, 7) is 3.19. The van der Waals surface area contributed by atoms with E-state index in [0.717, 1.165) is 34.3 Å². The molecule has 8 nitrogen and oxygen atoms in total. The van der Waals surface area contributed by atoms with Crippen molar-refractivity contribution in [2.75, 3.05) is 38.7 Å². The van der Waals surface area contributed by atoms with Gasteiger partial charge in [0.15, 0.2) is 0 Å². The van der Waals surface area contributed by atoms with Crippen molar-refractivity contribution in [3.05, 3.63) is 59.5 Å². The first kappa shape index (κ1) is 25.1. The zero-order chi connectivity index (χ0) is 26.2. The number of fused-ring (bicyclic) bond motifs is 4. The van der Waals surface area contributed by atoms with Crippen LogP contribution in [-0.4, -0.2) is 65.2 Å². The van der Waals surface area contributed by atoms with Crippen LogP contribution < -0.4 is 10.1 Å². The summed E-state index contributed by atoms with van der Waals surface area (Å²) >= 11 is 0. The van der Waals surface area contributed by atoms with Crippen molar-refractivity contribution in [2.45, 2.75) is 44.1 Å². The summed E-state index contributed by atoms with van der Waals surface area (Å²) in [4.78, 5) is 33.2. The molecule has 1 aromatic heterocycles. The first-order valence-corrected chi connectivity index (χ1v) is 12.8. The molecule has 3 N–H and O–H groups in total. The number of H-pyrrole nitrogens is 1. The Morgan fingerprint density at radius 1 is 1.22 bits per heavy atom. The Hall–Kier alpha value is -3.59. The number of methoxy groups -OCH3 is 1. The smallest absolute Gasteiger partial charge is 0.321 e. The second kappa shape index (κ2) is 10.0. The molecule has 2 aromatic carbocycles. The van der Waals surface area contributed by atoms with E-state index in [-0.39, 0.29) is 29.6 Å². The molecule has 5 rings (SSSR count). The zero-order valence-electron chi connectivity index (χ0n) is 21.2. The van der Waals surface area contributed by atoms with E-state index in [1.54, 1.807) is 30.2 Å². The summed E-state index contributed by atoms with van der Waals surface area (Å²) in [6, 6.07) is 11.2. The van der Waals surface area contributed by atoms with Gasteiger partial charge in [0.1, 0.15) is 11.6 Å². The van der Waals surface area contributed by atoms with Crippen molar-refractivity contribution in [3.63, 3.8) is 0 Å². The number of nitrogens with zero attached hydrogens (tertiary/aromatic N) is 2. The second-order valence-corrected chi connectivity index (χ2v) is 9.97. The molecule has 0 bridgehead atoms. The third kappa shape index (κ3) is 4.41. The van der Waals surface area contributed by atoms with Gasteiger partial charge in [-0.2, -0.15) is 0 Å². The van der Waals surface area contributed by atoms with Gasteiger partial charge in [-0.1, -0.05) is 19.1 Å². The molecule has 9 heteroatoms. The van der Waals surface area contributed by atoms with Crippen molar-refractivity contribution in [3.8, 4) is 5.75 Å². The number of amides is 3. The number of aromatic amines is 1. The Labute approximate surface area is 215 Å². The molecule has 2 aliphatic rings. The average molecular weight is 509 g/mol. The van der Waals surface area contributed by atoms with Gasteiger partial charge in [-0.3, -0.25) is 4.79 Å². The highest BCUT2D eigenvalue weighted by Crippen LogP contribution is 2.49. The Bertz CT molecular complexity index is 1310. The number of halogens is 1. The molecule has 3 heterocycles. The Morgan fingerprint density at radius 2 is 1.97 bits per heavy atom. The first-order chi connectivity index (χ1) is 17.9. The average Bonchev–Trinajstić information content (AvgIpc) is 3.30. The van der Waals surface area contributed by atoms with Crippen molar-refractivity contribution >= 4 is 28.5 Å². The molecule has 0 saturated carbocycles. The molecule has 1 fully saturated rings. The van der Waals surface area contributed by atoms with E-state index < -0.39 is 11.9 Å². The molecule has 196 valence electrons. The third-order valence-corrected chi connectivity index (χ3v) is 7.83. The normalized spacial score (nSPS) is 18.6. The van der Waals surface area contributed by atoms with Crippen LogP contribution in [0.15, 0.2) is 42.5 Å². The van der Waals surface area contributed by atoms with E-state index in [0.29, 0.717) is 38.9 Å². The standard InChI is InChI=1S/C28H33FN4O4/c1-3-6-24(35)33-17-28(11-13-32(14-12-28)27(36)31-21-8-5-4-7-20(21)29)25-19-10-9-18(37-2)15-22(19)30-26(25)23(33)16-34/h4-5,7-10,15,23,30,34H,3,6,11-14,16-17H2,1-2H3,(H,31,36)/t23-/m0/s1. The van der Waals surface area contributed by atoms with Gasteiger partial charge in [0.25, 0.3) is 0 Å². The van der Waals surface area contributed by atoms with Gasteiger partial charge in [0, 0.05) is 54.1 Å². The van der Waals surface area contributed by atoms with Crippen LogP contribution in [0.25, 0.3) is 10.9 Å². The highest BCUT2D eigenvalue weighted by molar-refractivity contribution is 5.90. The predicted octanol–water partition coefficient (Wildman–Crippen LogP) is 4.56. The second-order valence-electron chi connectivity index (χ2n) is 9.97.